The Morgan fingerprint density at radius 1 is 1.15 bits per heavy atom. The molecule has 0 spiro atoms. The molecule has 0 amide bonds. The number of ether oxygens (including phenoxy) is 1. The molecule has 1 aromatic carbocycles. The maximum Gasteiger partial charge on any atom is 0.309 e. The number of nitrogens with two attached hydrogens (primary N) is 1. The zero-order valence-corrected chi connectivity index (χ0v) is 18.9. The highest BCUT2D eigenvalue weighted by molar-refractivity contribution is 14.0. The summed E-state index contributed by atoms with van der Waals surface area (Å²) in [6.07, 6.45) is 6.94. The van der Waals surface area contributed by atoms with Crippen LogP contribution in [0.15, 0.2) is 23.2 Å². The van der Waals surface area contributed by atoms with Crippen LogP contribution in [0.1, 0.15) is 64.0 Å². The predicted octanol–water partition coefficient (Wildman–Crippen LogP) is 4.42. The van der Waals surface area contributed by atoms with E-state index in [9.17, 15) is 4.79 Å². The first-order valence-electron chi connectivity index (χ1n) is 9.75. The van der Waals surface area contributed by atoms with E-state index in [0.717, 1.165) is 37.8 Å². The van der Waals surface area contributed by atoms with Gasteiger partial charge < -0.3 is 15.8 Å². The topological polar surface area (TPSA) is 76.7 Å². The van der Waals surface area contributed by atoms with Crippen molar-refractivity contribution in [3.8, 4) is 0 Å². The fourth-order valence-corrected chi connectivity index (χ4v) is 3.85. The number of guanidine groups is 1. The van der Waals surface area contributed by atoms with Gasteiger partial charge in [0.25, 0.3) is 0 Å². The van der Waals surface area contributed by atoms with E-state index in [4.69, 9.17) is 10.5 Å². The molecule has 5 nitrogen and oxygen atoms in total. The molecule has 3 N–H and O–H groups in total. The molecule has 1 saturated carbocycles. The number of fused-ring (bicyclic) bond motifs is 1. The lowest BCUT2D eigenvalue weighted by Gasteiger charge is -2.28. The Kier molecular flexibility index (Phi) is 7.54. The summed E-state index contributed by atoms with van der Waals surface area (Å²) in [4.78, 5) is 16.8. The lowest BCUT2D eigenvalue weighted by Crippen LogP contribution is -2.32. The molecule has 0 saturated heterocycles. The molecule has 0 heterocycles. The van der Waals surface area contributed by atoms with E-state index in [0.29, 0.717) is 5.96 Å². The minimum Gasteiger partial charge on any atom is -0.460 e. The van der Waals surface area contributed by atoms with Gasteiger partial charge in [-0.2, -0.15) is 0 Å². The van der Waals surface area contributed by atoms with Crippen molar-refractivity contribution in [1.82, 2.24) is 0 Å². The molecule has 0 bridgehead atoms. The molecule has 0 radical (unpaired) electrons. The average Bonchev–Trinajstić information content (AvgIpc) is 3.01. The van der Waals surface area contributed by atoms with Gasteiger partial charge in [0, 0.05) is 5.69 Å². The third kappa shape index (κ3) is 6.36. The SMILES string of the molecule is CC(C)(C)OC(=O)C1CCC(N=C(N)Nc2ccc3c(c2)CCC3)CC1.I. The normalized spacial score (nSPS) is 22.6. The first kappa shape index (κ1) is 22.0. The Balaban J connectivity index is 0.00000261. The van der Waals surface area contributed by atoms with Crippen LogP contribution in [0.3, 0.4) is 0 Å². The molecule has 6 heteroatoms. The van der Waals surface area contributed by atoms with E-state index in [-0.39, 0.29) is 41.9 Å². The van der Waals surface area contributed by atoms with Crippen molar-refractivity contribution in [2.75, 3.05) is 5.32 Å². The van der Waals surface area contributed by atoms with Gasteiger partial charge >= 0.3 is 5.97 Å². The third-order valence-electron chi connectivity index (χ3n) is 5.13. The molecule has 0 aliphatic heterocycles. The fourth-order valence-electron chi connectivity index (χ4n) is 3.85. The second-order valence-electron chi connectivity index (χ2n) is 8.52. The standard InChI is InChI=1S/C21H31N3O2.HI/c1-21(2,3)26-19(25)15-8-10-17(11-9-15)23-20(22)24-18-12-7-14-5-4-6-16(14)13-18;/h7,12-13,15,17H,4-6,8-11H2,1-3H3,(H3,22,23,24);1H. The highest BCUT2D eigenvalue weighted by Crippen LogP contribution is 2.29. The highest BCUT2D eigenvalue weighted by Gasteiger charge is 2.29. The Morgan fingerprint density at radius 2 is 1.81 bits per heavy atom. The van der Waals surface area contributed by atoms with Crippen molar-refractivity contribution in [3.05, 3.63) is 29.3 Å². The van der Waals surface area contributed by atoms with Crippen LogP contribution in [-0.2, 0) is 22.4 Å². The van der Waals surface area contributed by atoms with E-state index in [1.54, 1.807) is 0 Å². The number of hydrogen-bond donors (Lipinski definition) is 2. The first-order valence-corrected chi connectivity index (χ1v) is 9.75. The van der Waals surface area contributed by atoms with E-state index < -0.39 is 5.60 Å². The minimum absolute atomic E-state index is 0. The number of carbonyl (C=O) groups excluding carboxylic acids is 1. The van der Waals surface area contributed by atoms with Gasteiger partial charge in [-0.15, -0.1) is 24.0 Å². The van der Waals surface area contributed by atoms with Gasteiger partial charge in [0.1, 0.15) is 5.60 Å². The number of nitrogens with one attached hydrogen (secondary N) is 1. The van der Waals surface area contributed by atoms with Crippen LogP contribution in [0.4, 0.5) is 5.69 Å². The number of esters is 1. The van der Waals surface area contributed by atoms with Gasteiger partial charge in [0.05, 0.1) is 12.0 Å². The molecular formula is C21H32IN3O2. The average molecular weight is 485 g/mol. The monoisotopic (exact) mass is 485 g/mol. The molecule has 0 atom stereocenters. The van der Waals surface area contributed by atoms with Gasteiger partial charge in [0.15, 0.2) is 5.96 Å². The maximum absolute atomic E-state index is 12.2. The number of aliphatic imine (C=N–C) groups is 1. The van der Waals surface area contributed by atoms with Gasteiger partial charge in [-0.1, -0.05) is 6.07 Å². The second-order valence-corrected chi connectivity index (χ2v) is 8.52. The summed E-state index contributed by atoms with van der Waals surface area (Å²) in [6, 6.07) is 6.62. The predicted molar refractivity (Wildman–Crippen MR) is 121 cm³/mol. The maximum atomic E-state index is 12.2. The van der Waals surface area contributed by atoms with Crippen molar-refractivity contribution >= 4 is 41.6 Å². The third-order valence-corrected chi connectivity index (χ3v) is 5.13. The van der Waals surface area contributed by atoms with Crippen LogP contribution in [0.25, 0.3) is 0 Å². The lowest BCUT2D eigenvalue weighted by molar-refractivity contribution is -0.161. The zero-order valence-electron chi connectivity index (χ0n) is 16.6. The van der Waals surface area contributed by atoms with Crippen LogP contribution in [-0.4, -0.2) is 23.6 Å². The van der Waals surface area contributed by atoms with E-state index in [1.807, 2.05) is 20.8 Å². The van der Waals surface area contributed by atoms with Crippen LogP contribution >= 0.6 is 24.0 Å². The Labute approximate surface area is 179 Å². The summed E-state index contributed by atoms with van der Waals surface area (Å²) in [7, 11) is 0. The first-order chi connectivity index (χ1) is 12.3. The van der Waals surface area contributed by atoms with E-state index >= 15 is 0 Å². The molecule has 2 aliphatic rings. The number of halogens is 1. The zero-order chi connectivity index (χ0) is 18.7. The fraction of sp³-hybridized carbons (Fsp3) is 0.619. The number of carbonyl (C=O) groups is 1. The highest BCUT2D eigenvalue weighted by atomic mass is 127. The molecular weight excluding hydrogens is 453 g/mol. The number of aryl methyl sites for hydroxylation is 2. The molecule has 150 valence electrons. The molecule has 1 fully saturated rings. The van der Waals surface area contributed by atoms with Gasteiger partial charge in [-0.25, -0.2) is 4.99 Å². The number of rotatable bonds is 3. The second kappa shape index (κ2) is 9.26. The van der Waals surface area contributed by atoms with Gasteiger partial charge in [0.2, 0.25) is 0 Å². The molecule has 0 unspecified atom stereocenters. The van der Waals surface area contributed by atoms with Crippen molar-refractivity contribution < 1.29 is 9.53 Å². The number of nitrogens with zero attached hydrogens (tertiary/aromatic N) is 1. The van der Waals surface area contributed by atoms with Crippen LogP contribution in [0.2, 0.25) is 0 Å². The van der Waals surface area contributed by atoms with Gasteiger partial charge in [-0.05, 0) is 89.0 Å². The molecule has 27 heavy (non-hydrogen) atoms. The number of anilines is 1. The summed E-state index contributed by atoms with van der Waals surface area (Å²) in [5.74, 6) is 0.374. The smallest absolute Gasteiger partial charge is 0.309 e. The lowest BCUT2D eigenvalue weighted by atomic mass is 9.86. The van der Waals surface area contributed by atoms with Gasteiger partial charge in [-0.3, -0.25) is 4.79 Å². The summed E-state index contributed by atoms with van der Waals surface area (Å²) in [6.45, 7) is 5.73. The largest absolute Gasteiger partial charge is 0.460 e. The molecule has 2 aliphatic carbocycles. The Bertz CT molecular complexity index is 689. The Morgan fingerprint density at radius 3 is 2.48 bits per heavy atom. The summed E-state index contributed by atoms with van der Waals surface area (Å²) in [5, 5.41) is 3.22. The van der Waals surface area contributed by atoms with Crippen molar-refractivity contribution in [2.45, 2.75) is 77.4 Å². The summed E-state index contributed by atoms with van der Waals surface area (Å²) >= 11 is 0. The van der Waals surface area contributed by atoms with Crippen molar-refractivity contribution in [3.63, 3.8) is 0 Å². The van der Waals surface area contributed by atoms with Crippen LogP contribution < -0.4 is 11.1 Å². The summed E-state index contributed by atoms with van der Waals surface area (Å²) < 4.78 is 5.50. The molecule has 0 aromatic heterocycles. The quantitative estimate of drug-likeness (QED) is 0.288. The van der Waals surface area contributed by atoms with E-state index in [2.05, 4.69) is 28.5 Å². The number of hydrogen-bond acceptors (Lipinski definition) is 3. The number of benzene rings is 1. The molecule has 3 rings (SSSR count). The van der Waals surface area contributed by atoms with Crippen molar-refractivity contribution in [1.29, 1.82) is 0 Å². The minimum atomic E-state index is -0.420. The van der Waals surface area contributed by atoms with E-state index in [1.165, 1.54) is 24.0 Å². The van der Waals surface area contributed by atoms with Crippen LogP contribution in [0, 0.1) is 5.92 Å². The Hall–Kier alpha value is -1.31. The van der Waals surface area contributed by atoms with Crippen LogP contribution in [0.5, 0.6) is 0 Å². The van der Waals surface area contributed by atoms with Crippen molar-refractivity contribution in [2.24, 2.45) is 16.6 Å². The summed E-state index contributed by atoms with van der Waals surface area (Å²) in [5.41, 5.74) is 9.56. The molecule has 1 aromatic rings.